The Morgan fingerprint density at radius 1 is 1.12 bits per heavy atom. The normalized spacial score (nSPS) is 15.4. The summed E-state index contributed by atoms with van der Waals surface area (Å²) in [5.41, 5.74) is 1.46. The summed E-state index contributed by atoms with van der Waals surface area (Å²) in [5, 5.41) is 18.3. The second kappa shape index (κ2) is 8.75. The Morgan fingerprint density at radius 3 is 2.50 bits per heavy atom. The van der Waals surface area contributed by atoms with Gasteiger partial charge in [-0.15, -0.1) is 0 Å². The minimum atomic E-state index is -1.11. The van der Waals surface area contributed by atoms with Gasteiger partial charge >= 0.3 is 0 Å². The Kier molecular flexibility index (Phi) is 5.62. The number of nitrogens with zero attached hydrogens (tertiary/aromatic N) is 4. The highest BCUT2D eigenvalue weighted by molar-refractivity contribution is 5.94. The fourth-order valence-corrected chi connectivity index (χ4v) is 4.36. The summed E-state index contributed by atoms with van der Waals surface area (Å²) in [6.07, 6.45) is 2.18. The summed E-state index contributed by atoms with van der Waals surface area (Å²) in [6.45, 7) is 0.890. The number of fused-ring (bicyclic) bond motifs is 1. The first-order valence-corrected chi connectivity index (χ1v) is 11.1. The maximum Gasteiger partial charge on any atom is 0.279 e. The van der Waals surface area contributed by atoms with Crippen LogP contribution in [-0.2, 0) is 6.54 Å². The standard InChI is InChI=1S/C25H25N5O4/c1-34-19-9-7-18(8-10-19)23(31)29-13-11-25(33,12-14-29)15-30-16-26-21-20(17-5-3-2-4-6-17)27-28-22(21)24(30)32/h2-10,16,33H,11-15H2,1H3,(H,27,28). The molecule has 3 heterocycles. The molecule has 2 aromatic carbocycles. The van der Waals surface area contributed by atoms with Crippen LogP contribution in [0.2, 0.25) is 0 Å². The van der Waals surface area contributed by atoms with Gasteiger partial charge in [0, 0.05) is 24.2 Å². The van der Waals surface area contributed by atoms with Crippen molar-refractivity contribution in [2.45, 2.75) is 25.0 Å². The highest BCUT2D eigenvalue weighted by Gasteiger charge is 2.35. The second-order valence-electron chi connectivity index (χ2n) is 8.58. The smallest absolute Gasteiger partial charge is 0.279 e. The van der Waals surface area contributed by atoms with E-state index in [1.54, 1.807) is 36.3 Å². The summed E-state index contributed by atoms with van der Waals surface area (Å²) < 4.78 is 6.55. The van der Waals surface area contributed by atoms with Crippen LogP contribution in [0.4, 0.5) is 0 Å². The molecule has 1 aliphatic rings. The van der Waals surface area contributed by atoms with Gasteiger partial charge in [-0.3, -0.25) is 19.3 Å². The minimum absolute atomic E-state index is 0.0872. The molecule has 1 fully saturated rings. The number of aliphatic hydroxyl groups is 1. The molecule has 9 heteroatoms. The number of aromatic nitrogens is 4. The fraction of sp³-hybridized carbons (Fsp3) is 0.280. The topological polar surface area (TPSA) is 113 Å². The molecule has 174 valence electrons. The van der Waals surface area contributed by atoms with Crippen LogP contribution >= 0.6 is 0 Å². The van der Waals surface area contributed by atoms with Gasteiger partial charge in [0.15, 0.2) is 0 Å². The Bertz CT molecular complexity index is 1370. The molecule has 2 N–H and O–H groups in total. The highest BCUT2D eigenvalue weighted by atomic mass is 16.5. The average molecular weight is 460 g/mol. The van der Waals surface area contributed by atoms with Crippen molar-refractivity contribution in [3.8, 4) is 17.0 Å². The molecule has 9 nitrogen and oxygen atoms in total. The van der Waals surface area contributed by atoms with E-state index in [9.17, 15) is 14.7 Å². The lowest BCUT2D eigenvalue weighted by Crippen LogP contribution is -2.49. The number of hydrogen-bond acceptors (Lipinski definition) is 6. The monoisotopic (exact) mass is 459 g/mol. The number of hydrogen-bond donors (Lipinski definition) is 2. The van der Waals surface area contributed by atoms with Gasteiger partial charge < -0.3 is 14.7 Å². The van der Waals surface area contributed by atoms with E-state index in [2.05, 4.69) is 15.2 Å². The Hall–Kier alpha value is -3.98. The lowest BCUT2D eigenvalue weighted by atomic mass is 9.91. The molecular formula is C25H25N5O4. The third-order valence-corrected chi connectivity index (χ3v) is 6.37. The van der Waals surface area contributed by atoms with Crippen LogP contribution < -0.4 is 10.3 Å². The predicted molar refractivity (Wildman–Crippen MR) is 127 cm³/mol. The number of likely N-dealkylation sites (tertiary alicyclic amines) is 1. The number of nitrogens with one attached hydrogen (secondary N) is 1. The van der Waals surface area contributed by atoms with Gasteiger partial charge in [0.2, 0.25) is 0 Å². The van der Waals surface area contributed by atoms with Crippen LogP contribution in [-0.4, -0.2) is 61.5 Å². The molecule has 4 aromatic rings. The molecule has 0 radical (unpaired) electrons. The van der Waals surface area contributed by atoms with Crippen molar-refractivity contribution in [3.05, 3.63) is 76.8 Å². The predicted octanol–water partition coefficient (Wildman–Crippen LogP) is 2.46. The van der Waals surface area contributed by atoms with Crippen molar-refractivity contribution in [1.82, 2.24) is 24.6 Å². The SMILES string of the molecule is COc1ccc(C(=O)N2CCC(O)(Cn3cnc4c(-c5ccccc5)n[nH]c4c3=O)CC2)cc1. The minimum Gasteiger partial charge on any atom is -0.497 e. The van der Waals surface area contributed by atoms with Gasteiger partial charge in [0.1, 0.15) is 22.5 Å². The second-order valence-corrected chi connectivity index (χ2v) is 8.58. The van der Waals surface area contributed by atoms with Gasteiger partial charge in [0.25, 0.3) is 11.5 Å². The van der Waals surface area contributed by atoms with Crippen molar-refractivity contribution in [2.24, 2.45) is 0 Å². The number of H-pyrrole nitrogens is 1. The van der Waals surface area contributed by atoms with Crippen molar-refractivity contribution >= 4 is 16.9 Å². The zero-order chi connectivity index (χ0) is 23.7. The van der Waals surface area contributed by atoms with Gasteiger partial charge in [-0.05, 0) is 37.1 Å². The molecule has 0 atom stereocenters. The third kappa shape index (κ3) is 4.06. The van der Waals surface area contributed by atoms with E-state index in [0.717, 1.165) is 5.56 Å². The zero-order valence-corrected chi connectivity index (χ0v) is 18.8. The molecule has 1 aliphatic heterocycles. The molecule has 2 aromatic heterocycles. The van der Waals surface area contributed by atoms with E-state index < -0.39 is 5.60 Å². The third-order valence-electron chi connectivity index (χ3n) is 6.37. The molecule has 34 heavy (non-hydrogen) atoms. The molecular weight excluding hydrogens is 434 g/mol. The van der Waals surface area contributed by atoms with Crippen LogP contribution in [0.3, 0.4) is 0 Å². The molecule has 1 amide bonds. The fourth-order valence-electron chi connectivity index (χ4n) is 4.36. The molecule has 5 rings (SSSR count). The zero-order valence-electron chi connectivity index (χ0n) is 18.8. The Morgan fingerprint density at radius 2 is 1.82 bits per heavy atom. The number of aromatic amines is 1. The van der Waals surface area contributed by atoms with Crippen molar-refractivity contribution in [1.29, 1.82) is 0 Å². The molecule has 0 saturated carbocycles. The van der Waals surface area contributed by atoms with Crippen molar-refractivity contribution < 1.29 is 14.6 Å². The average Bonchev–Trinajstić information content (AvgIpc) is 3.31. The van der Waals surface area contributed by atoms with E-state index >= 15 is 0 Å². The molecule has 1 saturated heterocycles. The van der Waals surface area contributed by atoms with E-state index in [-0.39, 0.29) is 18.0 Å². The summed E-state index contributed by atoms with van der Waals surface area (Å²) >= 11 is 0. The number of amides is 1. The number of piperidine rings is 1. The summed E-state index contributed by atoms with van der Waals surface area (Å²) in [4.78, 5) is 32.1. The lowest BCUT2D eigenvalue weighted by Gasteiger charge is -2.38. The van der Waals surface area contributed by atoms with Crippen LogP contribution in [0.1, 0.15) is 23.2 Å². The maximum atomic E-state index is 13.1. The van der Waals surface area contributed by atoms with Crippen LogP contribution in [0, 0.1) is 0 Å². The van der Waals surface area contributed by atoms with Crippen LogP contribution in [0.5, 0.6) is 5.75 Å². The number of methoxy groups -OCH3 is 1. The first-order valence-electron chi connectivity index (χ1n) is 11.1. The van der Waals surface area contributed by atoms with Gasteiger partial charge in [-0.1, -0.05) is 30.3 Å². The van der Waals surface area contributed by atoms with E-state index in [1.807, 2.05) is 30.3 Å². The molecule has 0 spiro atoms. The van der Waals surface area contributed by atoms with Gasteiger partial charge in [-0.25, -0.2) is 4.98 Å². The first kappa shape index (κ1) is 21.8. The molecule has 0 unspecified atom stereocenters. The van der Waals surface area contributed by atoms with Crippen LogP contribution in [0.25, 0.3) is 22.3 Å². The molecule has 0 bridgehead atoms. The Labute approximate surface area is 195 Å². The van der Waals surface area contributed by atoms with E-state index in [0.29, 0.717) is 54.0 Å². The summed E-state index contributed by atoms with van der Waals surface area (Å²) in [5.74, 6) is 0.601. The Balaban J connectivity index is 1.30. The number of ether oxygens (including phenoxy) is 1. The van der Waals surface area contributed by atoms with Crippen molar-refractivity contribution in [3.63, 3.8) is 0 Å². The van der Waals surface area contributed by atoms with Crippen molar-refractivity contribution in [2.75, 3.05) is 20.2 Å². The summed E-state index contributed by atoms with van der Waals surface area (Å²) in [6, 6.07) is 16.5. The van der Waals surface area contributed by atoms with Gasteiger partial charge in [0.05, 0.1) is 25.6 Å². The van der Waals surface area contributed by atoms with E-state index in [1.165, 1.54) is 10.9 Å². The largest absolute Gasteiger partial charge is 0.497 e. The highest BCUT2D eigenvalue weighted by Crippen LogP contribution is 2.26. The quantitative estimate of drug-likeness (QED) is 0.474. The molecule has 0 aliphatic carbocycles. The number of rotatable bonds is 5. The first-order chi connectivity index (χ1) is 16.5. The maximum absolute atomic E-state index is 13.1. The number of carbonyl (C=O) groups excluding carboxylic acids is 1. The van der Waals surface area contributed by atoms with Gasteiger partial charge in [-0.2, -0.15) is 5.10 Å². The summed E-state index contributed by atoms with van der Waals surface area (Å²) in [7, 11) is 1.58. The number of benzene rings is 2. The van der Waals surface area contributed by atoms with Crippen LogP contribution in [0.15, 0.2) is 65.7 Å². The lowest BCUT2D eigenvalue weighted by molar-refractivity contribution is -0.0299. The number of carbonyl (C=O) groups is 1. The van der Waals surface area contributed by atoms with E-state index in [4.69, 9.17) is 4.74 Å².